The number of oxazole rings is 1. The molecule has 122 valence electrons. The van der Waals surface area contributed by atoms with Gasteiger partial charge in [-0.25, -0.2) is 18.4 Å². The van der Waals surface area contributed by atoms with Gasteiger partial charge >= 0.3 is 6.18 Å². The monoisotopic (exact) mass is 345 g/mol. The Morgan fingerprint density at radius 1 is 1.35 bits per heavy atom. The molecule has 2 aromatic heterocycles. The lowest BCUT2D eigenvalue weighted by molar-refractivity contribution is -0.137. The van der Waals surface area contributed by atoms with Crippen molar-refractivity contribution in [3.05, 3.63) is 40.9 Å². The highest BCUT2D eigenvalue weighted by Gasteiger charge is 2.32. The summed E-state index contributed by atoms with van der Waals surface area (Å²) in [6.45, 7) is 0.342. The molecule has 0 unspecified atom stereocenters. The fraction of sp³-hybridized carbons (Fsp3) is 0.231. The first-order chi connectivity index (χ1) is 10.7. The van der Waals surface area contributed by atoms with Crippen molar-refractivity contribution in [2.24, 2.45) is 0 Å². The number of sulfone groups is 1. The van der Waals surface area contributed by atoms with Crippen molar-refractivity contribution in [1.82, 2.24) is 15.3 Å². The number of nitrogens with zero attached hydrogens (tertiary/aromatic N) is 2. The summed E-state index contributed by atoms with van der Waals surface area (Å²) < 4.78 is 67.0. The number of nitrogens with one attached hydrogen (secondary N) is 1. The van der Waals surface area contributed by atoms with Gasteiger partial charge in [0.2, 0.25) is 11.6 Å². The average Bonchev–Trinajstić information content (AvgIpc) is 2.88. The lowest BCUT2D eigenvalue weighted by Gasteiger charge is -2.12. The standard InChI is InChI=1S/C13H10F3N3O3S/c1-23(20,21)10-6-17-3-2-8(10)11-19-9-4-7(13(14,15)16)5-18-12(9)22-11/h2,4-6,17H,3H2,1H3. The number of halogens is 3. The first kappa shape index (κ1) is 15.5. The average molecular weight is 345 g/mol. The third kappa shape index (κ3) is 2.93. The van der Waals surface area contributed by atoms with E-state index in [9.17, 15) is 21.6 Å². The molecule has 10 heteroatoms. The Hall–Kier alpha value is -2.36. The Morgan fingerprint density at radius 3 is 2.74 bits per heavy atom. The van der Waals surface area contributed by atoms with Crippen molar-refractivity contribution in [2.75, 3.05) is 12.8 Å². The molecule has 1 aliphatic heterocycles. The number of alkyl halides is 3. The number of rotatable bonds is 2. The highest BCUT2D eigenvalue weighted by Crippen LogP contribution is 2.33. The molecule has 0 bridgehead atoms. The van der Waals surface area contributed by atoms with Crippen molar-refractivity contribution in [1.29, 1.82) is 0 Å². The Labute approximate surface area is 128 Å². The summed E-state index contributed by atoms with van der Waals surface area (Å²) in [7, 11) is -3.56. The maximum Gasteiger partial charge on any atom is 0.417 e. The van der Waals surface area contributed by atoms with E-state index in [-0.39, 0.29) is 27.6 Å². The number of dihydropyridines is 1. The predicted octanol–water partition coefficient (Wildman–Crippen LogP) is 2.11. The van der Waals surface area contributed by atoms with Crippen LogP contribution < -0.4 is 5.32 Å². The molecule has 1 N–H and O–H groups in total. The molecule has 2 aromatic rings. The number of hydrogen-bond acceptors (Lipinski definition) is 6. The molecule has 23 heavy (non-hydrogen) atoms. The summed E-state index contributed by atoms with van der Waals surface area (Å²) in [5.74, 6) is -0.0926. The van der Waals surface area contributed by atoms with Gasteiger partial charge in [-0.1, -0.05) is 6.08 Å². The van der Waals surface area contributed by atoms with Crippen LogP contribution in [0.3, 0.4) is 0 Å². The van der Waals surface area contributed by atoms with Gasteiger partial charge in [-0.15, -0.1) is 0 Å². The van der Waals surface area contributed by atoms with Gasteiger partial charge in [-0.05, 0) is 6.07 Å². The van der Waals surface area contributed by atoms with Crippen LogP contribution in [0.5, 0.6) is 0 Å². The van der Waals surface area contributed by atoms with Gasteiger partial charge < -0.3 is 9.73 Å². The molecule has 3 rings (SSSR count). The van der Waals surface area contributed by atoms with Crippen molar-refractivity contribution < 1.29 is 26.0 Å². The van der Waals surface area contributed by atoms with Crippen LogP contribution in [0.1, 0.15) is 11.5 Å². The summed E-state index contributed by atoms with van der Waals surface area (Å²) in [5, 5.41) is 2.75. The fourth-order valence-electron chi connectivity index (χ4n) is 2.08. The zero-order chi connectivity index (χ0) is 16.8. The van der Waals surface area contributed by atoms with Crippen molar-refractivity contribution >= 4 is 26.6 Å². The molecule has 0 aromatic carbocycles. The van der Waals surface area contributed by atoms with E-state index in [0.717, 1.165) is 12.3 Å². The van der Waals surface area contributed by atoms with Gasteiger partial charge in [0.15, 0.2) is 9.84 Å². The largest absolute Gasteiger partial charge is 0.418 e. The summed E-state index contributed by atoms with van der Waals surface area (Å²) in [6, 6.07) is 0.806. The third-order valence-corrected chi connectivity index (χ3v) is 4.26. The molecular formula is C13H10F3N3O3S. The first-order valence-electron chi connectivity index (χ1n) is 6.34. The second-order valence-electron chi connectivity index (χ2n) is 4.87. The SMILES string of the molecule is CS(=O)(=O)C1=CNCC=C1c1nc2cc(C(F)(F)F)cnc2o1. The highest BCUT2D eigenvalue weighted by molar-refractivity contribution is 7.95. The molecule has 0 radical (unpaired) electrons. The van der Waals surface area contributed by atoms with Gasteiger partial charge in [0.05, 0.1) is 16.0 Å². The molecular weight excluding hydrogens is 335 g/mol. The third-order valence-electron chi connectivity index (χ3n) is 3.13. The Balaban J connectivity index is 2.10. The Kier molecular flexibility index (Phi) is 3.43. The number of allylic oxidation sites excluding steroid dienone is 1. The van der Waals surface area contributed by atoms with E-state index >= 15 is 0 Å². The van der Waals surface area contributed by atoms with Crippen LogP contribution >= 0.6 is 0 Å². The molecule has 1 aliphatic rings. The number of aromatic nitrogens is 2. The summed E-state index contributed by atoms with van der Waals surface area (Å²) >= 11 is 0. The van der Waals surface area contributed by atoms with Gasteiger partial charge in [-0.3, -0.25) is 0 Å². The van der Waals surface area contributed by atoms with E-state index < -0.39 is 21.6 Å². The lowest BCUT2D eigenvalue weighted by atomic mass is 10.2. The smallest absolute Gasteiger partial charge is 0.417 e. The molecule has 0 fully saturated rings. The summed E-state index contributed by atoms with van der Waals surface area (Å²) in [4.78, 5) is 7.48. The van der Waals surface area contributed by atoms with E-state index in [4.69, 9.17) is 4.42 Å². The fourth-order valence-corrected chi connectivity index (χ4v) is 2.95. The molecule has 0 atom stereocenters. The molecule has 3 heterocycles. The molecule has 0 amide bonds. The van der Waals surface area contributed by atoms with Crippen LogP contribution in [0.25, 0.3) is 16.8 Å². The molecule has 0 saturated heterocycles. The second-order valence-corrected chi connectivity index (χ2v) is 6.86. The highest BCUT2D eigenvalue weighted by atomic mass is 32.2. The van der Waals surface area contributed by atoms with Crippen LogP contribution in [0.4, 0.5) is 13.2 Å². The molecule has 0 aliphatic carbocycles. The van der Waals surface area contributed by atoms with Crippen LogP contribution in [0.2, 0.25) is 0 Å². The van der Waals surface area contributed by atoms with E-state index in [1.807, 2.05) is 0 Å². The summed E-state index contributed by atoms with van der Waals surface area (Å²) in [5.41, 5.74) is -0.955. The molecule has 0 spiro atoms. The second kappa shape index (κ2) is 5.08. The van der Waals surface area contributed by atoms with Gasteiger partial charge in [0, 0.05) is 25.2 Å². The van der Waals surface area contributed by atoms with Gasteiger partial charge in [0.1, 0.15) is 5.52 Å². The summed E-state index contributed by atoms with van der Waals surface area (Å²) in [6.07, 6.45) is -0.0597. The molecule has 0 saturated carbocycles. The number of fused-ring (bicyclic) bond motifs is 1. The van der Waals surface area contributed by atoms with Crippen LogP contribution in [-0.4, -0.2) is 31.2 Å². The zero-order valence-electron chi connectivity index (χ0n) is 11.7. The predicted molar refractivity (Wildman–Crippen MR) is 75.7 cm³/mol. The maximum atomic E-state index is 12.7. The number of hydrogen-bond donors (Lipinski definition) is 1. The van der Waals surface area contributed by atoms with E-state index in [0.29, 0.717) is 12.7 Å². The van der Waals surface area contributed by atoms with Crippen LogP contribution in [0.15, 0.2) is 33.9 Å². The van der Waals surface area contributed by atoms with E-state index in [2.05, 4.69) is 15.3 Å². The normalized spacial score (nSPS) is 16.0. The topological polar surface area (TPSA) is 85.1 Å². The van der Waals surface area contributed by atoms with E-state index in [1.165, 1.54) is 12.3 Å². The first-order valence-corrected chi connectivity index (χ1v) is 8.24. The number of pyridine rings is 1. The quantitative estimate of drug-likeness (QED) is 0.897. The van der Waals surface area contributed by atoms with Gasteiger partial charge in [-0.2, -0.15) is 13.2 Å². The van der Waals surface area contributed by atoms with Crippen LogP contribution in [-0.2, 0) is 16.0 Å². The van der Waals surface area contributed by atoms with Gasteiger partial charge in [0.25, 0.3) is 0 Å². The van der Waals surface area contributed by atoms with Crippen molar-refractivity contribution in [3.8, 4) is 0 Å². The lowest BCUT2D eigenvalue weighted by Crippen LogP contribution is -2.17. The minimum Gasteiger partial charge on any atom is -0.418 e. The van der Waals surface area contributed by atoms with Crippen LogP contribution in [0, 0.1) is 0 Å². The zero-order valence-corrected chi connectivity index (χ0v) is 12.5. The van der Waals surface area contributed by atoms with E-state index in [1.54, 1.807) is 0 Å². The van der Waals surface area contributed by atoms with Crippen molar-refractivity contribution in [3.63, 3.8) is 0 Å². The minimum absolute atomic E-state index is 0.0497. The molecule has 6 nitrogen and oxygen atoms in total. The Bertz CT molecular complexity index is 942. The Morgan fingerprint density at radius 2 is 2.09 bits per heavy atom. The van der Waals surface area contributed by atoms with Crippen molar-refractivity contribution in [2.45, 2.75) is 6.18 Å². The maximum absolute atomic E-state index is 12.7. The minimum atomic E-state index is -4.55.